The summed E-state index contributed by atoms with van der Waals surface area (Å²) < 4.78 is 84.3. The van der Waals surface area contributed by atoms with Crippen LogP contribution >= 0.6 is 11.6 Å². The molecule has 4 aromatic carbocycles. The molecular formula is C58H65ClF4N8O7. The number of hydrogen-bond donors (Lipinski definition) is 3. The van der Waals surface area contributed by atoms with E-state index in [1.54, 1.807) is 7.05 Å². The van der Waals surface area contributed by atoms with Crippen molar-refractivity contribution in [3.05, 3.63) is 99.1 Å². The van der Waals surface area contributed by atoms with Gasteiger partial charge in [0.25, 0.3) is 0 Å². The molecule has 1 aliphatic carbocycles. The lowest BCUT2D eigenvalue weighted by molar-refractivity contribution is -0.138. The van der Waals surface area contributed by atoms with Gasteiger partial charge >= 0.3 is 6.03 Å². The molecule has 4 N–H and O–H groups in total. The molecule has 5 aliphatic heterocycles. The topological polar surface area (TPSA) is 174 Å². The van der Waals surface area contributed by atoms with Crippen LogP contribution in [0.15, 0.2) is 48.5 Å². The maximum absolute atomic E-state index is 16.7. The zero-order valence-electron chi connectivity index (χ0n) is 44.3. The SMILES string of the molecule is CC1c2c(cc(F)c(Cl)c2-c2c(C(N)=O)cc3c(c2F)OCCO3)OC1(CNC1CCC(C(=O)N2CCC(C(C)(C)CN3CCC(c4c(F)cc5c(N6CCC(=O)NC6=O)nn(C)c5c4F)CC3)CC2)CC1)c1ccccc1. The quantitative estimate of drug-likeness (QED) is 0.102. The molecule has 6 heterocycles. The molecule has 20 heteroatoms. The largest absolute Gasteiger partial charge is 0.486 e. The summed E-state index contributed by atoms with van der Waals surface area (Å²) in [4.78, 5) is 57.1. The van der Waals surface area contributed by atoms with E-state index in [0.29, 0.717) is 63.3 Å². The molecule has 2 unspecified atom stereocenters. The van der Waals surface area contributed by atoms with Crippen molar-refractivity contribution in [2.45, 2.75) is 102 Å². The van der Waals surface area contributed by atoms with Crippen LogP contribution in [-0.4, -0.2) is 108 Å². The molecule has 0 bridgehead atoms. The minimum Gasteiger partial charge on any atom is -0.486 e. The van der Waals surface area contributed by atoms with Gasteiger partial charge in [0.1, 0.15) is 36.1 Å². The molecule has 1 saturated carbocycles. The summed E-state index contributed by atoms with van der Waals surface area (Å²) in [5, 5.41) is 10.2. The summed E-state index contributed by atoms with van der Waals surface area (Å²) in [6.07, 6.45) is 5.92. The van der Waals surface area contributed by atoms with Crippen LogP contribution in [0, 0.1) is 40.5 Å². The van der Waals surface area contributed by atoms with Gasteiger partial charge in [-0.15, -0.1) is 0 Å². The number of carbonyl (C=O) groups excluding carboxylic acids is 4. The third-order valence-electron chi connectivity index (χ3n) is 17.8. The minimum atomic E-state index is -1.12. The Hall–Kier alpha value is -6.44. The lowest BCUT2D eigenvalue weighted by Crippen LogP contribution is -2.50. The number of halogens is 5. The molecule has 5 aromatic rings. The molecule has 11 rings (SSSR count). The van der Waals surface area contributed by atoms with Gasteiger partial charge < -0.3 is 35.1 Å². The Morgan fingerprint density at radius 2 is 1.56 bits per heavy atom. The molecule has 2 atom stereocenters. The van der Waals surface area contributed by atoms with E-state index in [9.17, 15) is 19.2 Å². The average Bonchev–Trinajstić information content (AvgIpc) is 3.90. The fourth-order valence-corrected chi connectivity index (χ4v) is 13.8. The standard InChI is InChI=1S/C58H65ClF4N8O7/c1-31-44-41(28-40(61)48(59)47(44)46-37(53(64)73)27-42-52(50(46)63)77-25-24-76-42)78-58(31,35-8-6-5-7-9-35)29-65-36-12-10-33(11-13-36)55(74)70-21-16-34(17-22-70)57(2,3)30-69-19-14-32(15-20-69)45-39(60)26-38-51(49(45)62)68(4)67-54(38)71-23-18-43(72)66-56(71)75/h5-9,26-28,31-34,36,65H,10-25,29-30H2,1-4H3,(H2,64,73)(H,66,72,75). The number of hydrogen-bond acceptors (Lipinski definition) is 10. The van der Waals surface area contributed by atoms with Crippen LogP contribution in [-0.2, 0) is 22.2 Å². The van der Waals surface area contributed by atoms with E-state index in [2.05, 4.69) is 34.5 Å². The number of nitrogens with zero attached hydrogens (tertiary/aromatic N) is 5. The molecule has 1 aromatic heterocycles. The van der Waals surface area contributed by atoms with Crippen LogP contribution in [0.1, 0.15) is 117 Å². The van der Waals surface area contributed by atoms with E-state index >= 15 is 17.6 Å². The van der Waals surface area contributed by atoms with Crippen LogP contribution in [0.3, 0.4) is 0 Å². The number of likely N-dealkylation sites (tertiary alicyclic amines) is 2. The summed E-state index contributed by atoms with van der Waals surface area (Å²) in [6.45, 7) is 10.6. The zero-order valence-corrected chi connectivity index (χ0v) is 45.1. The highest BCUT2D eigenvalue weighted by atomic mass is 35.5. The average molecular weight is 1100 g/mol. The number of fused-ring (bicyclic) bond motifs is 3. The number of carbonyl (C=O) groups is 4. The van der Waals surface area contributed by atoms with Gasteiger partial charge in [-0.25, -0.2) is 22.4 Å². The number of aryl methyl sites for hydroxylation is 1. The molecular weight excluding hydrogens is 1030 g/mol. The van der Waals surface area contributed by atoms with Crippen molar-refractivity contribution >= 4 is 52.1 Å². The minimum absolute atomic E-state index is 0.0142. The Balaban J connectivity index is 0.696. The molecule has 78 heavy (non-hydrogen) atoms. The summed E-state index contributed by atoms with van der Waals surface area (Å²) in [5.74, 6) is -4.84. The molecule has 0 radical (unpaired) electrons. The Kier molecular flexibility index (Phi) is 14.4. The first kappa shape index (κ1) is 53.6. The number of amides is 5. The maximum atomic E-state index is 16.7. The van der Waals surface area contributed by atoms with Crippen LogP contribution in [0.5, 0.6) is 17.2 Å². The van der Waals surface area contributed by atoms with E-state index in [0.717, 1.165) is 37.8 Å². The van der Waals surface area contributed by atoms with Crippen molar-refractivity contribution < 1.29 is 51.0 Å². The molecule has 414 valence electrons. The lowest BCUT2D eigenvalue weighted by Gasteiger charge is -2.45. The second-order valence-corrected chi connectivity index (χ2v) is 23.2. The van der Waals surface area contributed by atoms with Gasteiger partial charge in [0.2, 0.25) is 17.7 Å². The Morgan fingerprint density at radius 1 is 0.859 bits per heavy atom. The fraction of sp³-hybridized carbons (Fsp3) is 0.500. The first-order chi connectivity index (χ1) is 37.3. The summed E-state index contributed by atoms with van der Waals surface area (Å²) in [7, 11) is 1.57. The number of nitrogens with one attached hydrogen (secondary N) is 2. The van der Waals surface area contributed by atoms with Gasteiger partial charge in [-0.3, -0.25) is 29.3 Å². The smallest absolute Gasteiger partial charge is 0.329 e. The van der Waals surface area contributed by atoms with Crippen molar-refractivity contribution in [2.24, 2.45) is 30.0 Å². The zero-order chi connectivity index (χ0) is 54.9. The fourth-order valence-electron chi connectivity index (χ4n) is 13.6. The highest BCUT2D eigenvalue weighted by Crippen LogP contribution is 2.57. The van der Waals surface area contributed by atoms with Crippen LogP contribution in [0.4, 0.5) is 28.2 Å². The highest BCUT2D eigenvalue weighted by molar-refractivity contribution is 6.34. The predicted molar refractivity (Wildman–Crippen MR) is 285 cm³/mol. The van der Waals surface area contributed by atoms with Crippen LogP contribution in [0.2, 0.25) is 5.02 Å². The Morgan fingerprint density at radius 3 is 2.26 bits per heavy atom. The third-order valence-corrected chi connectivity index (χ3v) is 18.2. The number of rotatable bonds is 12. The second kappa shape index (κ2) is 21.0. The number of primary amides is 1. The Bertz CT molecular complexity index is 3210. The van der Waals surface area contributed by atoms with Gasteiger partial charge in [0.05, 0.1) is 16.0 Å². The molecule has 6 aliphatic rings. The van der Waals surface area contributed by atoms with Crippen molar-refractivity contribution in [3.63, 3.8) is 0 Å². The first-order valence-electron chi connectivity index (χ1n) is 27.2. The molecule has 3 saturated heterocycles. The van der Waals surface area contributed by atoms with E-state index < -0.39 is 52.6 Å². The summed E-state index contributed by atoms with van der Waals surface area (Å²) in [6, 6.07) is 12.7. The van der Waals surface area contributed by atoms with Crippen molar-refractivity contribution in [2.75, 3.05) is 63.9 Å². The van der Waals surface area contributed by atoms with E-state index in [4.69, 9.17) is 31.5 Å². The maximum Gasteiger partial charge on any atom is 0.329 e. The molecule has 0 spiro atoms. The monoisotopic (exact) mass is 1100 g/mol. The van der Waals surface area contributed by atoms with E-state index in [1.807, 2.05) is 42.2 Å². The van der Waals surface area contributed by atoms with E-state index in [1.165, 1.54) is 27.8 Å². The summed E-state index contributed by atoms with van der Waals surface area (Å²) in [5.41, 5.74) is 5.48. The Labute approximate surface area is 455 Å². The third kappa shape index (κ3) is 9.50. The van der Waals surface area contributed by atoms with Gasteiger partial charge in [-0.05, 0) is 99.4 Å². The van der Waals surface area contributed by atoms with Gasteiger partial charge in [-0.2, -0.15) is 5.10 Å². The number of imide groups is 1. The normalized spacial score (nSPS) is 23.4. The van der Waals surface area contributed by atoms with Crippen molar-refractivity contribution in [1.29, 1.82) is 0 Å². The van der Waals surface area contributed by atoms with Crippen molar-refractivity contribution in [3.8, 4) is 28.4 Å². The number of anilines is 1. The van der Waals surface area contributed by atoms with E-state index in [-0.39, 0.29) is 123 Å². The number of nitrogens with two attached hydrogens (primary N) is 1. The van der Waals surface area contributed by atoms with Crippen molar-refractivity contribution in [1.82, 2.24) is 30.2 Å². The number of urea groups is 1. The first-order valence-corrected chi connectivity index (χ1v) is 27.6. The summed E-state index contributed by atoms with van der Waals surface area (Å²) >= 11 is 6.77. The predicted octanol–water partition coefficient (Wildman–Crippen LogP) is 9.45. The highest BCUT2D eigenvalue weighted by Gasteiger charge is 2.51. The van der Waals surface area contributed by atoms with Crippen LogP contribution < -0.4 is 35.5 Å². The lowest BCUT2D eigenvalue weighted by atomic mass is 9.72. The number of piperidine rings is 2. The molecule has 15 nitrogen and oxygen atoms in total. The molecule has 5 amide bonds. The van der Waals surface area contributed by atoms with Gasteiger partial charge in [0, 0.05) is 92.4 Å². The van der Waals surface area contributed by atoms with Gasteiger partial charge in [-0.1, -0.05) is 62.7 Å². The number of benzene rings is 4. The number of ether oxygens (including phenoxy) is 3. The number of aromatic nitrogens is 2. The van der Waals surface area contributed by atoms with Gasteiger partial charge in [0.15, 0.2) is 34.6 Å². The second-order valence-electron chi connectivity index (χ2n) is 22.8. The van der Waals surface area contributed by atoms with Crippen LogP contribution in [0.25, 0.3) is 22.0 Å². The molecule has 4 fully saturated rings.